The van der Waals surface area contributed by atoms with Gasteiger partial charge in [-0.3, -0.25) is 0 Å². The van der Waals surface area contributed by atoms with Crippen LogP contribution in [0.1, 0.15) is 20.3 Å². The maximum Gasteiger partial charge on any atom is 0.340 e. The number of ether oxygens (including phenoxy) is 1. The minimum Gasteiger partial charge on any atom is -0.464 e. The number of rotatable bonds is 4. The lowest BCUT2D eigenvalue weighted by atomic mass is 10.2. The van der Waals surface area contributed by atoms with Gasteiger partial charge in [-0.05, 0) is 13.8 Å². The number of esters is 1. The lowest BCUT2D eigenvalue weighted by Crippen LogP contribution is -2.22. The molecule has 0 amide bonds. The molecule has 3 nitrogen and oxygen atoms in total. The third kappa shape index (κ3) is 4.72. The van der Waals surface area contributed by atoms with Gasteiger partial charge in [0.1, 0.15) is 0 Å². The third-order valence-corrected chi connectivity index (χ3v) is 1.09. The van der Waals surface area contributed by atoms with Crippen molar-refractivity contribution in [2.75, 3.05) is 6.61 Å². The minimum atomic E-state index is -1.70. The second kappa shape index (κ2) is 5.07. The highest BCUT2D eigenvalue weighted by atomic mass is 19.1. The Morgan fingerprint density at radius 3 is 2.64 bits per heavy atom. The summed E-state index contributed by atoms with van der Waals surface area (Å²) in [5.74, 6) is -0.895. The van der Waals surface area contributed by atoms with Crippen LogP contribution in [0, 0.1) is 0 Å². The first-order valence-electron chi connectivity index (χ1n) is 3.56. The summed E-state index contributed by atoms with van der Waals surface area (Å²) in [6.45, 7) is 3.19. The molecule has 0 radical (unpaired) electrons. The second-order valence-electron chi connectivity index (χ2n) is 2.30. The number of aliphatic hydroxyl groups excluding tert-OH is 1. The van der Waals surface area contributed by atoms with Gasteiger partial charge in [-0.2, -0.15) is 0 Å². The Balaban J connectivity index is 3.64. The molecule has 0 rings (SSSR count). The molecule has 2 atom stereocenters. The Morgan fingerprint density at radius 2 is 2.27 bits per heavy atom. The van der Waals surface area contributed by atoms with Crippen LogP contribution in [-0.2, 0) is 9.53 Å². The fourth-order valence-electron chi connectivity index (χ4n) is 0.628. The van der Waals surface area contributed by atoms with Crippen LogP contribution >= 0.6 is 0 Å². The molecule has 0 saturated heterocycles. The Hall–Kier alpha value is -0.640. The molecule has 0 unspecified atom stereocenters. The summed E-state index contributed by atoms with van der Waals surface area (Å²) >= 11 is 0. The van der Waals surface area contributed by atoms with Gasteiger partial charge in [0.15, 0.2) is 6.17 Å². The molecule has 0 aromatic heterocycles. The first-order chi connectivity index (χ1) is 5.07. The molecule has 1 N–H and O–H groups in total. The van der Waals surface area contributed by atoms with E-state index in [0.717, 1.165) is 0 Å². The van der Waals surface area contributed by atoms with Crippen LogP contribution in [-0.4, -0.2) is 30.0 Å². The normalized spacial score (nSPS) is 15.6. The first kappa shape index (κ1) is 10.4. The minimum absolute atomic E-state index is 0.166. The Kier molecular flexibility index (Phi) is 4.77. The van der Waals surface area contributed by atoms with Gasteiger partial charge in [-0.1, -0.05) is 0 Å². The van der Waals surface area contributed by atoms with Crippen molar-refractivity contribution in [3.63, 3.8) is 0 Å². The van der Waals surface area contributed by atoms with Crippen molar-refractivity contribution in [2.45, 2.75) is 32.5 Å². The summed E-state index contributed by atoms with van der Waals surface area (Å²) in [5.41, 5.74) is 0. The first-order valence-corrected chi connectivity index (χ1v) is 3.56. The highest BCUT2D eigenvalue weighted by molar-refractivity contribution is 5.74. The van der Waals surface area contributed by atoms with E-state index in [0.29, 0.717) is 0 Å². The quantitative estimate of drug-likeness (QED) is 0.621. The maximum atomic E-state index is 12.6. The fraction of sp³-hybridized carbons (Fsp3) is 0.857. The molecule has 0 heterocycles. The second-order valence-corrected chi connectivity index (χ2v) is 2.30. The van der Waals surface area contributed by atoms with E-state index in [4.69, 9.17) is 5.11 Å². The van der Waals surface area contributed by atoms with Gasteiger partial charge in [-0.15, -0.1) is 0 Å². The van der Waals surface area contributed by atoms with Crippen molar-refractivity contribution in [3.8, 4) is 0 Å². The van der Waals surface area contributed by atoms with E-state index in [1.165, 1.54) is 6.92 Å². The smallest absolute Gasteiger partial charge is 0.340 e. The van der Waals surface area contributed by atoms with Gasteiger partial charge >= 0.3 is 5.97 Å². The monoisotopic (exact) mass is 164 g/mol. The molecule has 11 heavy (non-hydrogen) atoms. The SMILES string of the molecule is CCOC(=O)[C@H](F)C[C@H](C)O. The molecular formula is C7H13FO3. The predicted octanol–water partition coefficient (Wildman–Crippen LogP) is 0.658. The summed E-state index contributed by atoms with van der Waals surface area (Å²) in [4.78, 5) is 10.6. The predicted molar refractivity (Wildman–Crippen MR) is 37.8 cm³/mol. The molecular weight excluding hydrogens is 151 g/mol. The van der Waals surface area contributed by atoms with Gasteiger partial charge < -0.3 is 9.84 Å². The van der Waals surface area contributed by atoms with Crippen molar-refractivity contribution in [3.05, 3.63) is 0 Å². The van der Waals surface area contributed by atoms with E-state index in [9.17, 15) is 9.18 Å². The molecule has 0 aromatic carbocycles. The molecule has 0 saturated carbocycles. The summed E-state index contributed by atoms with van der Waals surface area (Å²) in [6, 6.07) is 0. The molecule has 66 valence electrons. The number of carbonyl (C=O) groups is 1. The van der Waals surface area contributed by atoms with Crippen LogP contribution in [0.25, 0.3) is 0 Å². The van der Waals surface area contributed by atoms with Crippen molar-refractivity contribution in [1.82, 2.24) is 0 Å². The number of aliphatic hydroxyl groups is 1. The van der Waals surface area contributed by atoms with E-state index in [1.54, 1.807) is 6.92 Å². The van der Waals surface area contributed by atoms with Crippen LogP contribution in [0.5, 0.6) is 0 Å². The largest absolute Gasteiger partial charge is 0.464 e. The van der Waals surface area contributed by atoms with Gasteiger partial charge in [0.2, 0.25) is 0 Å². The average Bonchev–Trinajstić information content (AvgIpc) is 1.86. The molecule has 0 aliphatic carbocycles. The molecule has 4 heteroatoms. The summed E-state index contributed by atoms with van der Waals surface area (Å²) in [5, 5.41) is 8.69. The zero-order valence-corrected chi connectivity index (χ0v) is 6.71. The van der Waals surface area contributed by atoms with Crippen LogP contribution in [0.15, 0.2) is 0 Å². The molecule has 0 aliphatic heterocycles. The van der Waals surface area contributed by atoms with Crippen LogP contribution in [0.4, 0.5) is 4.39 Å². The lowest BCUT2D eigenvalue weighted by Gasteiger charge is -2.08. The molecule has 0 bridgehead atoms. The van der Waals surface area contributed by atoms with Crippen molar-refractivity contribution < 1.29 is 19.0 Å². The average molecular weight is 164 g/mol. The van der Waals surface area contributed by atoms with E-state index in [2.05, 4.69) is 4.74 Å². The van der Waals surface area contributed by atoms with Crippen LogP contribution in [0.3, 0.4) is 0 Å². The Bertz CT molecular complexity index is 125. The zero-order valence-electron chi connectivity index (χ0n) is 6.71. The highest BCUT2D eigenvalue weighted by Crippen LogP contribution is 2.04. The van der Waals surface area contributed by atoms with Crippen LogP contribution in [0.2, 0.25) is 0 Å². The molecule has 0 spiro atoms. The fourth-order valence-corrected chi connectivity index (χ4v) is 0.628. The van der Waals surface area contributed by atoms with Crippen LogP contribution < -0.4 is 0 Å². The van der Waals surface area contributed by atoms with E-state index < -0.39 is 18.2 Å². The molecule has 0 fully saturated rings. The van der Waals surface area contributed by atoms with Crippen molar-refractivity contribution in [2.24, 2.45) is 0 Å². The van der Waals surface area contributed by atoms with E-state index in [-0.39, 0.29) is 13.0 Å². The van der Waals surface area contributed by atoms with E-state index >= 15 is 0 Å². The number of halogens is 1. The Morgan fingerprint density at radius 1 is 1.73 bits per heavy atom. The van der Waals surface area contributed by atoms with Gasteiger partial charge in [-0.25, -0.2) is 9.18 Å². The summed E-state index contributed by atoms with van der Waals surface area (Å²) < 4.78 is 17.0. The number of hydrogen-bond acceptors (Lipinski definition) is 3. The number of hydrogen-bond donors (Lipinski definition) is 1. The Labute approximate surface area is 65.2 Å². The third-order valence-electron chi connectivity index (χ3n) is 1.09. The number of alkyl halides is 1. The highest BCUT2D eigenvalue weighted by Gasteiger charge is 2.19. The molecule has 0 aliphatic rings. The maximum absolute atomic E-state index is 12.6. The standard InChI is InChI=1S/C7H13FO3/c1-3-11-7(10)6(8)4-5(2)9/h5-6,9H,3-4H2,1-2H3/t5-,6+/m0/s1. The zero-order chi connectivity index (χ0) is 8.85. The lowest BCUT2D eigenvalue weighted by molar-refractivity contribution is -0.150. The summed E-state index contributed by atoms with van der Waals surface area (Å²) in [6.07, 6.45) is -2.71. The van der Waals surface area contributed by atoms with Gasteiger partial charge in [0.05, 0.1) is 12.7 Å². The van der Waals surface area contributed by atoms with Crippen molar-refractivity contribution in [1.29, 1.82) is 0 Å². The van der Waals surface area contributed by atoms with Gasteiger partial charge in [0, 0.05) is 6.42 Å². The topological polar surface area (TPSA) is 46.5 Å². The van der Waals surface area contributed by atoms with E-state index in [1.807, 2.05) is 0 Å². The summed E-state index contributed by atoms with van der Waals surface area (Å²) in [7, 11) is 0. The van der Waals surface area contributed by atoms with Gasteiger partial charge in [0.25, 0.3) is 0 Å². The van der Waals surface area contributed by atoms with Crippen molar-refractivity contribution >= 4 is 5.97 Å². The number of carbonyl (C=O) groups excluding carboxylic acids is 1. The molecule has 0 aromatic rings.